The van der Waals surface area contributed by atoms with E-state index in [-0.39, 0.29) is 6.03 Å². The maximum Gasteiger partial charge on any atom is 0.322 e. The molecule has 2 unspecified atom stereocenters. The van der Waals surface area contributed by atoms with Crippen LogP contribution < -0.4 is 10.2 Å². The Morgan fingerprint density at radius 1 is 1.23 bits per heavy atom. The minimum atomic E-state index is 0.0463. The van der Waals surface area contributed by atoms with Gasteiger partial charge in [-0.2, -0.15) is 0 Å². The monoisotopic (exact) mass is 319 g/mol. The van der Waals surface area contributed by atoms with Gasteiger partial charge in [0.05, 0.1) is 10.7 Å². The SMILES string of the molecule is CC1CC2CC(C1)N2C(=O)Nc1ccc(Cl)c(N2CCC2)c1. The van der Waals surface area contributed by atoms with Gasteiger partial charge in [0.2, 0.25) is 0 Å². The number of nitrogens with zero attached hydrogens (tertiary/aromatic N) is 2. The zero-order valence-electron chi connectivity index (χ0n) is 12.9. The van der Waals surface area contributed by atoms with Crippen molar-refractivity contribution in [2.24, 2.45) is 5.92 Å². The average Bonchev–Trinajstić information content (AvgIpc) is 2.40. The summed E-state index contributed by atoms with van der Waals surface area (Å²) in [4.78, 5) is 16.8. The highest BCUT2D eigenvalue weighted by Crippen LogP contribution is 2.41. The van der Waals surface area contributed by atoms with Gasteiger partial charge < -0.3 is 15.1 Å². The van der Waals surface area contributed by atoms with Gasteiger partial charge in [0.25, 0.3) is 0 Å². The predicted molar refractivity (Wildman–Crippen MR) is 89.7 cm³/mol. The summed E-state index contributed by atoms with van der Waals surface area (Å²) in [5.74, 6) is 0.751. The molecule has 3 saturated heterocycles. The van der Waals surface area contributed by atoms with Crippen molar-refractivity contribution in [3.05, 3.63) is 23.2 Å². The molecule has 1 aromatic carbocycles. The summed E-state index contributed by atoms with van der Waals surface area (Å²) < 4.78 is 0. The fourth-order valence-corrected chi connectivity index (χ4v) is 4.29. The third kappa shape index (κ3) is 2.34. The van der Waals surface area contributed by atoms with Gasteiger partial charge in [-0.1, -0.05) is 18.5 Å². The number of halogens is 1. The largest absolute Gasteiger partial charge is 0.370 e. The van der Waals surface area contributed by atoms with Crippen molar-refractivity contribution >= 4 is 29.0 Å². The Labute approximate surface area is 136 Å². The molecule has 3 heterocycles. The molecule has 4 aliphatic rings. The molecule has 4 nitrogen and oxygen atoms in total. The average molecular weight is 320 g/mol. The minimum Gasteiger partial charge on any atom is -0.370 e. The molecule has 3 aliphatic heterocycles. The van der Waals surface area contributed by atoms with Gasteiger partial charge >= 0.3 is 6.03 Å². The predicted octanol–water partition coefficient (Wildman–Crippen LogP) is 3.95. The molecule has 0 radical (unpaired) electrons. The summed E-state index contributed by atoms with van der Waals surface area (Å²) >= 11 is 6.27. The van der Waals surface area contributed by atoms with Crippen LogP contribution in [0.2, 0.25) is 5.02 Å². The molecule has 5 heteroatoms. The maximum atomic E-state index is 12.5. The second-order valence-electron chi connectivity index (χ2n) is 6.96. The molecule has 22 heavy (non-hydrogen) atoms. The number of hydrogen-bond acceptors (Lipinski definition) is 2. The van der Waals surface area contributed by atoms with Gasteiger partial charge in [0, 0.05) is 30.9 Å². The molecular formula is C17H22ClN3O. The third-order valence-electron chi connectivity index (χ3n) is 5.31. The number of piperidine rings is 1. The van der Waals surface area contributed by atoms with Crippen LogP contribution in [0, 0.1) is 5.92 Å². The molecule has 0 aromatic heterocycles. The number of hydrogen-bond donors (Lipinski definition) is 1. The Morgan fingerprint density at radius 2 is 1.95 bits per heavy atom. The Morgan fingerprint density at radius 3 is 2.59 bits per heavy atom. The number of carbonyl (C=O) groups is 1. The lowest BCUT2D eigenvalue weighted by Crippen LogP contribution is -2.63. The molecule has 1 saturated carbocycles. The first-order valence-corrected chi connectivity index (χ1v) is 8.63. The summed E-state index contributed by atoms with van der Waals surface area (Å²) in [5, 5.41) is 3.82. The van der Waals surface area contributed by atoms with Crippen LogP contribution in [0.1, 0.15) is 32.6 Å². The van der Waals surface area contributed by atoms with Crippen LogP contribution in [0.5, 0.6) is 0 Å². The molecule has 0 spiro atoms. The number of carbonyl (C=O) groups excluding carboxylic acids is 1. The van der Waals surface area contributed by atoms with Gasteiger partial charge in [-0.3, -0.25) is 0 Å². The van der Waals surface area contributed by atoms with Crippen molar-refractivity contribution < 1.29 is 4.79 Å². The summed E-state index contributed by atoms with van der Waals surface area (Å²) in [5.41, 5.74) is 1.87. The Hall–Kier alpha value is -1.42. The summed E-state index contributed by atoms with van der Waals surface area (Å²) in [6, 6.07) is 6.69. The molecule has 1 N–H and O–H groups in total. The first-order chi connectivity index (χ1) is 10.6. The van der Waals surface area contributed by atoms with Crippen LogP contribution >= 0.6 is 11.6 Å². The lowest BCUT2D eigenvalue weighted by atomic mass is 9.74. The first-order valence-electron chi connectivity index (χ1n) is 8.25. The van der Waals surface area contributed by atoms with Crippen LogP contribution in [0.15, 0.2) is 18.2 Å². The number of fused-ring (bicyclic) bond motifs is 2. The number of anilines is 2. The summed E-state index contributed by atoms with van der Waals surface area (Å²) in [6.07, 6.45) is 4.67. The van der Waals surface area contributed by atoms with E-state index in [9.17, 15) is 4.79 Å². The minimum absolute atomic E-state index is 0.0463. The van der Waals surface area contributed by atoms with E-state index in [1.165, 1.54) is 12.8 Å². The summed E-state index contributed by atoms with van der Waals surface area (Å²) in [6.45, 7) is 4.38. The molecule has 2 amide bonds. The van der Waals surface area contributed by atoms with Crippen molar-refractivity contribution in [3.63, 3.8) is 0 Å². The maximum absolute atomic E-state index is 12.5. The standard InChI is InChI=1S/C17H22ClN3O/c1-11-7-13-10-14(8-11)21(13)17(22)19-12-3-4-15(18)16(9-12)20-5-2-6-20/h3-4,9,11,13-14H,2,5-8,10H2,1H3,(H,19,22). The highest BCUT2D eigenvalue weighted by Gasteiger charge is 2.46. The smallest absolute Gasteiger partial charge is 0.322 e. The third-order valence-corrected chi connectivity index (χ3v) is 5.63. The van der Waals surface area contributed by atoms with Crippen molar-refractivity contribution in [1.82, 2.24) is 4.90 Å². The molecular weight excluding hydrogens is 298 g/mol. The lowest BCUT2D eigenvalue weighted by Gasteiger charge is -2.54. The molecule has 5 rings (SSSR count). The zero-order valence-corrected chi connectivity index (χ0v) is 13.6. The van der Waals surface area contributed by atoms with Crippen molar-refractivity contribution in [1.29, 1.82) is 0 Å². The lowest BCUT2D eigenvalue weighted by molar-refractivity contribution is -0.00600. The van der Waals surface area contributed by atoms with Gasteiger partial charge in [-0.25, -0.2) is 4.79 Å². The second-order valence-corrected chi connectivity index (χ2v) is 7.37. The topological polar surface area (TPSA) is 35.6 Å². The number of benzene rings is 1. The highest BCUT2D eigenvalue weighted by atomic mass is 35.5. The number of nitrogens with one attached hydrogen (secondary N) is 1. The van der Waals surface area contributed by atoms with Crippen LogP contribution in [0.25, 0.3) is 0 Å². The van der Waals surface area contributed by atoms with Gasteiger partial charge in [-0.15, -0.1) is 0 Å². The van der Waals surface area contributed by atoms with E-state index in [1.807, 2.05) is 23.1 Å². The van der Waals surface area contributed by atoms with E-state index in [4.69, 9.17) is 11.6 Å². The van der Waals surface area contributed by atoms with Gasteiger partial charge in [0.15, 0.2) is 0 Å². The van der Waals surface area contributed by atoms with E-state index in [2.05, 4.69) is 17.1 Å². The van der Waals surface area contributed by atoms with Crippen molar-refractivity contribution in [2.75, 3.05) is 23.3 Å². The number of rotatable bonds is 2. The normalized spacial score (nSPS) is 29.6. The van der Waals surface area contributed by atoms with Crippen LogP contribution in [0.4, 0.5) is 16.2 Å². The van der Waals surface area contributed by atoms with Crippen molar-refractivity contribution in [3.8, 4) is 0 Å². The molecule has 1 aromatic rings. The molecule has 2 atom stereocenters. The van der Waals surface area contributed by atoms with Crippen LogP contribution in [-0.2, 0) is 0 Å². The Bertz CT molecular complexity index is 590. The van der Waals surface area contributed by atoms with Crippen LogP contribution in [-0.4, -0.2) is 36.1 Å². The van der Waals surface area contributed by atoms with Crippen LogP contribution in [0.3, 0.4) is 0 Å². The van der Waals surface area contributed by atoms with Gasteiger partial charge in [-0.05, 0) is 49.8 Å². The first kappa shape index (κ1) is 14.2. The molecule has 1 aliphatic carbocycles. The van der Waals surface area contributed by atoms with E-state index < -0.39 is 0 Å². The van der Waals surface area contributed by atoms with E-state index >= 15 is 0 Å². The Balaban J connectivity index is 1.46. The second kappa shape index (κ2) is 5.34. The number of amides is 2. The highest BCUT2D eigenvalue weighted by molar-refractivity contribution is 6.33. The molecule has 118 valence electrons. The van der Waals surface area contributed by atoms with E-state index in [0.717, 1.165) is 48.2 Å². The summed E-state index contributed by atoms with van der Waals surface area (Å²) in [7, 11) is 0. The quantitative estimate of drug-likeness (QED) is 0.895. The van der Waals surface area contributed by atoms with Crippen molar-refractivity contribution in [2.45, 2.75) is 44.7 Å². The Kier molecular flexibility index (Phi) is 3.44. The number of urea groups is 1. The molecule has 4 fully saturated rings. The van der Waals surface area contributed by atoms with Gasteiger partial charge in [0.1, 0.15) is 0 Å². The fraction of sp³-hybridized carbons (Fsp3) is 0.588. The van der Waals surface area contributed by atoms with E-state index in [0.29, 0.717) is 12.1 Å². The van der Waals surface area contributed by atoms with E-state index in [1.54, 1.807) is 0 Å². The molecule has 2 bridgehead atoms. The fourth-order valence-electron chi connectivity index (χ4n) is 4.06. The zero-order chi connectivity index (χ0) is 15.3.